The maximum Gasteiger partial charge on any atom is 0.272 e. The molecule has 0 N–H and O–H groups in total. The minimum Gasteiger partial charge on any atom is -0.356 e. The Morgan fingerprint density at radius 3 is 2.34 bits per heavy atom. The topological polar surface area (TPSA) is 69.6 Å². The van der Waals surface area contributed by atoms with E-state index in [9.17, 15) is 9.59 Å². The van der Waals surface area contributed by atoms with E-state index in [2.05, 4.69) is 16.8 Å². The molecule has 0 aliphatic carbocycles. The van der Waals surface area contributed by atoms with Crippen molar-refractivity contribution >= 4 is 18.1 Å². The summed E-state index contributed by atoms with van der Waals surface area (Å²) in [4.78, 5) is 39.3. The zero-order valence-corrected chi connectivity index (χ0v) is 16.8. The lowest BCUT2D eigenvalue weighted by molar-refractivity contribution is -0.119. The molecule has 2 aliphatic rings. The minimum atomic E-state index is -0.0956. The molecule has 7 heteroatoms. The number of rotatable bonds is 4. The summed E-state index contributed by atoms with van der Waals surface area (Å²) < 4.78 is 0. The van der Waals surface area contributed by atoms with Crippen molar-refractivity contribution in [3.8, 4) is 11.4 Å². The highest BCUT2D eigenvalue weighted by molar-refractivity contribution is 5.93. The molecular weight excluding hydrogens is 366 g/mol. The molecule has 2 fully saturated rings. The van der Waals surface area contributed by atoms with Crippen molar-refractivity contribution in [1.82, 2.24) is 19.8 Å². The summed E-state index contributed by atoms with van der Waals surface area (Å²) in [6, 6.07) is 11.6. The highest BCUT2D eigenvalue weighted by Gasteiger charge is 2.25. The number of nitrogens with zero attached hydrogens (tertiary/aromatic N) is 5. The lowest BCUT2D eigenvalue weighted by Crippen LogP contribution is -2.48. The van der Waals surface area contributed by atoms with E-state index in [-0.39, 0.29) is 5.91 Å². The van der Waals surface area contributed by atoms with Crippen LogP contribution in [-0.2, 0) is 4.79 Å². The van der Waals surface area contributed by atoms with Crippen molar-refractivity contribution in [1.29, 1.82) is 0 Å². The monoisotopic (exact) mass is 393 g/mol. The van der Waals surface area contributed by atoms with Gasteiger partial charge in [0.15, 0.2) is 5.82 Å². The Morgan fingerprint density at radius 2 is 1.69 bits per heavy atom. The van der Waals surface area contributed by atoms with Crippen molar-refractivity contribution in [2.75, 3.05) is 44.2 Å². The standard InChI is InChI=1S/C22H27N5O2/c1-17-7-9-26(10-8-17)20-15-19(22(29)27-13-11-25(16-28)12-14-27)23-21(24-20)18-5-3-2-4-6-18/h2-6,15-17H,7-14H2,1H3. The van der Waals surface area contributed by atoms with Gasteiger partial charge in [0.2, 0.25) is 6.41 Å². The van der Waals surface area contributed by atoms with Crippen molar-refractivity contribution in [3.05, 3.63) is 42.1 Å². The first-order chi connectivity index (χ1) is 14.1. The summed E-state index contributed by atoms with van der Waals surface area (Å²) in [7, 11) is 0. The molecule has 2 aromatic rings. The van der Waals surface area contributed by atoms with Crippen LogP contribution in [-0.4, -0.2) is 71.4 Å². The molecule has 0 spiro atoms. The molecule has 29 heavy (non-hydrogen) atoms. The number of aromatic nitrogens is 2. The molecule has 0 unspecified atom stereocenters. The van der Waals surface area contributed by atoms with Crippen LogP contribution in [0.3, 0.4) is 0 Å². The number of piperazine rings is 1. The molecule has 1 aromatic heterocycles. The lowest BCUT2D eigenvalue weighted by Gasteiger charge is -2.33. The molecule has 3 heterocycles. The number of carbonyl (C=O) groups excluding carboxylic acids is 2. The van der Waals surface area contributed by atoms with E-state index < -0.39 is 0 Å². The number of carbonyl (C=O) groups is 2. The maximum absolute atomic E-state index is 13.2. The summed E-state index contributed by atoms with van der Waals surface area (Å²) in [5.41, 5.74) is 1.33. The minimum absolute atomic E-state index is 0.0956. The van der Waals surface area contributed by atoms with Crippen LogP contribution in [0.5, 0.6) is 0 Å². The second-order valence-electron chi connectivity index (χ2n) is 7.90. The molecule has 2 aliphatic heterocycles. The van der Waals surface area contributed by atoms with Gasteiger partial charge in [-0.1, -0.05) is 37.3 Å². The van der Waals surface area contributed by atoms with Crippen molar-refractivity contribution in [2.24, 2.45) is 5.92 Å². The van der Waals surface area contributed by atoms with Gasteiger partial charge in [-0.2, -0.15) is 0 Å². The normalized spacial score (nSPS) is 18.0. The summed E-state index contributed by atoms with van der Waals surface area (Å²) in [5, 5.41) is 0. The molecule has 152 valence electrons. The van der Waals surface area contributed by atoms with Crippen molar-refractivity contribution in [3.63, 3.8) is 0 Å². The molecule has 0 bridgehead atoms. The number of hydrogen-bond acceptors (Lipinski definition) is 5. The van der Waals surface area contributed by atoms with Gasteiger partial charge in [0.1, 0.15) is 11.5 Å². The fourth-order valence-electron chi connectivity index (χ4n) is 3.85. The fourth-order valence-corrected chi connectivity index (χ4v) is 3.85. The van der Waals surface area contributed by atoms with Crippen LogP contribution in [0.1, 0.15) is 30.3 Å². The first-order valence-electron chi connectivity index (χ1n) is 10.3. The quantitative estimate of drug-likeness (QED) is 0.746. The van der Waals surface area contributed by atoms with Gasteiger partial charge < -0.3 is 14.7 Å². The molecule has 1 aromatic carbocycles. The molecule has 7 nitrogen and oxygen atoms in total. The van der Waals surface area contributed by atoms with Crippen LogP contribution in [0.2, 0.25) is 0 Å². The van der Waals surface area contributed by atoms with Crippen LogP contribution < -0.4 is 4.90 Å². The molecule has 0 radical (unpaired) electrons. The Labute approximate surface area is 171 Å². The van der Waals surface area contributed by atoms with Crippen LogP contribution in [0.25, 0.3) is 11.4 Å². The second-order valence-corrected chi connectivity index (χ2v) is 7.90. The van der Waals surface area contributed by atoms with E-state index >= 15 is 0 Å². The SMILES string of the molecule is CC1CCN(c2cc(C(=O)N3CCN(C=O)CC3)nc(-c3ccccc3)n2)CC1. The molecule has 4 rings (SSSR count). The van der Waals surface area contributed by atoms with Gasteiger partial charge in [0, 0.05) is 50.9 Å². The predicted octanol–water partition coefficient (Wildman–Crippen LogP) is 2.29. The Balaban J connectivity index is 1.64. The van der Waals surface area contributed by atoms with Gasteiger partial charge in [0.05, 0.1) is 0 Å². The van der Waals surface area contributed by atoms with E-state index in [1.165, 1.54) is 0 Å². The van der Waals surface area contributed by atoms with Crippen LogP contribution in [0, 0.1) is 5.92 Å². The molecule has 0 saturated carbocycles. The third kappa shape index (κ3) is 4.39. The fraction of sp³-hybridized carbons (Fsp3) is 0.455. The summed E-state index contributed by atoms with van der Waals surface area (Å²) in [5.74, 6) is 2.02. The van der Waals surface area contributed by atoms with E-state index in [0.29, 0.717) is 37.7 Å². The second kappa shape index (κ2) is 8.59. The molecular formula is C22H27N5O2. The Kier molecular flexibility index (Phi) is 5.74. The zero-order valence-electron chi connectivity index (χ0n) is 16.8. The number of anilines is 1. The van der Waals surface area contributed by atoms with Gasteiger partial charge in [-0.3, -0.25) is 9.59 Å². The summed E-state index contributed by atoms with van der Waals surface area (Å²) >= 11 is 0. The summed E-state index contributed by atoms with van der Waals surface area (Å²) in [6.45, 7) is 6.33. The van der Waals surface area contributed by atoms with Gasteiger partial charge in [-0.15, -0.1) is 0 Å². The third-order valence-corrected chi connectivity index (χ3v) is 5.82. The Morgan fingerprint density at radius 1 is 1.00 bits per heavy atom. The number of benzene rings is 1. The van der Waals surface area contributed by atoms with E-state index in [1.54, 1.807) is 9.80 Å². The Bertz CT molecular complexity index is 857. The van der Waals surface area contributed by atoms with Crippen LogP contribution in [0.4, 0.5) is 5.82 Å². The summed E-state index contributed by atoms with van der Waals surface area (Å²) in [6.07, 6.45) is 3.10. The maximum atomic E-state index is 13.2. The van der Waals surface area contributed by atoms with Crippen molar-refractivity contribution < 1.29 is 9.59 Å². The largest absolute Gasteiger partial charge is 0.356 e. The van der Waals surface area contributed by atoms with Gasteiger partial charge >= 0.3 is 0 Å². The Hall–Kier alpha value is -2.96. The smallest absolute Gasteiger partial charge is 0.272 e. The highest BCUT2D eigenvalue weighted by atomic mass is 16.2. The van der Waals surface area contributed by atoms with Crippen LogP contribution >= 0.6 is 0 Å². The molecule has 0 atom stereocenters. The van der Waals surface area contributed by atoms with Gasteiger partial charge in [-0.25, -0.2) is 9.97 Å². The van der Waals surface area contributed by atoms with E-state index in [4.69, 9.17) is 4.98 Å². The number of amides is 2. The zero-order chi connectivity index (χ0) is 20.2. The highest BCUT2D eigenvalue weighted by Crippen LogP contribution is 2.25. The third-order valence-electron chi connectivity index (χ3n) is 5.82. The molecule has 2 amide bonds. The number of hydrogen-bond donors (Lipinski definition) is 0. The lowest BCUT2D eigenvalue weighted by atomic mass is 9.99. The average Bonchev–Trinajstić information content (AvgIpc) is 2.79. The van der Waals surface area contributed by atoms with E-state index in [1.807, 2.05) is 36.4 Å². The average molecular weight is 393 g/mol. The van der Waals surface area contributed by atoms with Crippen molar-refractivity contribution in [2.45, 2.75) is 19.8 Å². The molecule has 2 saturated heterocycles. The van der Waals surface area contributed by atoms with Crippen LogP contribution in [0.15, 0.2) is 36.4 Å². The first-order valence-corrected chi connectivity index (χ1v) is 10.3. The van der Waals surface area contributed by atoms with E-state index in [0.717, 1.165) is 49.6 Å². The predicted molar refractivity (Wildman–Crippen MR) is 112 cm³/mol. The first kappa shape index (κ1) is 19.4. The number of piperidine rings is 1. The van der Waals surface area contributed by atoms with Gasteiger partial charge in [-0.05, 0) is 18.8 Å². The van der Waals surface area contributed by atoms with Gasteiger partial charge in [0.25, 0.3) is 5.91 Å².